The molecule has 0 unspecified atom stereocenters. The lowest BCUT2D eigenvalue weighted by Crippen LogP contribution is -1.93. The van der Waals surface area contributed by atoms with Crippen molar-refractivity contribution in [3.63, 3.8) is 0 Å². The lowest BCUT2D eigenvalue weighted by molar-refractivity contribution is 0.619. The van der Waals surface area contributed by atoms with Gasteiger partial charge in [0.1, 0.15) is 11.0 Å². The second-order valence-corrected chi connectivity index (χ2v) is 13.9. The van der Waals surface area contributed by atoms with Crippen LogP contribution in [0.5, 0.6) is 0 Å². The van der Waals surface area contributed by atoms with Crippen LogP contribution in [0.3, 0.4) is 0 Å². The number of hydrogen-bond donors (Lipinski definition) is 0. The Hall–Kier alpha value is -7.84. The summed E-state index contributed by atoms with van der Waals surface area (Å²) in [4.78, 5) is 19.0. The summed E-state index contributed by atoms with van der Waals surface area (Å²) in [5, 5.41) is 2.26. The summed E-state index contributed by atoms with van der Waals surface area (Å²) in [6.45, 7) is 0. The normalized spacial score (nSPS) is 11.9. The van der Waals surface area contributed by atoms with E-state index in [-0.39, 0.29) is 0 Å². The number of oxazole rings is 2. The minimum atomic E-state index is 0.573. The fourth-order valence-corrected chi connectivity index (χ4v) is 8.08. The second kappa shape index (κ2) is 11.8. The number of benzene rings is 6. The van der Waals surface area contributed by atoms with Gasteiger partial charge in [0.05, 0.1) is 33.1 Å². The molecule has 0 N–H and O–H groups in total. The highest BCUT2D eigenvalue weighted by atomic mass is 16.4. The number of pyridine rings is 2. The largest absolute Gasteiger partial charge is 0.436 e. The van der Waals surface area contributed by atoms with Crippen molar-refractivity contribution in [2.24, 2.45) is 0 Å². The molecule has 0 saturated carbocycles. The van der Waals surface area contributed by atoms with Gasteiger partial charge in [0.2, 0.25) is 11.8 Å². The van der Waals surface area contributed by atoms with E-state index in [0.29, 0.717) is 22.9 Å². The molecule has 0 aliphatic carbocycles. The zero-order chi connectivity index (χ0) is 36.7. The van der Waals surface area contributed by atoms with Crippen molar-refractivity contribution in [2.75, 3.05) is 0 Å². The Bertz CT molecular complexity index is 3140. The van der Waals surface area contributed by atoms with Gasteiger partial charge in [0.15, 0.2) is 11.2 Å². The third kappa shape index (κ3) is 4.66. The SMILES string of the molecule is c1ccc2c(c1)c1ncccc1n2-c1ccc(-c2nc3ccc(-c4ccc5nc(-c6ccc(-n7c8ccccc8c8ncccc87)cc6)oc5c4)cc3o2)cc1. The third-order valence-electron chi connectivity index (χ3n) is 10.7. The fraction of sp³-hybridized carbons (Fsp3) is 0. The number of fused-ring (bicyclic) bond motifs is 8. The second-order valence-electron chi connectivity index (χ2n) is 13.9. The van der Waals surface area contributed by atoms with E-state index in [4.69, 9.17) is 18.8 Å². The first-order valence-corrected chi connectivity index (χ1v) is 18.5. The fourth-order valence-electron chi connectivity index (χ4n) is 8.08. The van der Waals surface area contributed by atoms with Crippen LogP contribution in [0.1, 0.15) is 0 Å². The van der Waals surface area contributed by atoms with Crippen LogP contribution < -0.4 is 0 Å². The molecule has 0 aliphatic heterocycles. The maximum absolute atomic E-state index is 6.35. The predicted molar refractivity (Wildman–Crippen MR) is 222 cm³/mol. The lowest BCUT2D eigenvalue weighted by atomic mass is 10.1. The van der Waals surface area contributed by atoms with Gasteiger partial charge in [0, 0.05) is 45.7 Å². The van der Waals surface area contributed by atoms with Crippen molar-refractivity contribution >= 4 is 66.1 Å². The summed E-state index contributed by atoms with van der Waals surface area (Å²) in [6, 6.07) is 53.8. The van der Waals surface area contributed by atoms with Crippen LogP contribution in [0.25, 0.3) is 111 Å². The van der Waals surface area contributed by atoms with Gasteiger partial charge in [-0.3, -0.25) is 9.97 Å². The molecule has 0 radical (unpaired) electrons. The van der Waals surface area contributed by atoms with Gasteiger partial charge in [-0.25, -0.2) is 9.97 Å². The van der Waals surface area contributed by atoms with Crippen LogP contribution in [-0.2, 0) is 0 Å². The van der Waals surface area contributed by atoms with Gasteiger partial charge < -0.3 is 18.0 Å². The average Bonchev–Trinajstić information content (AvgIpc) is 4.04. The van der Waals surface area contributed by atoms with E-state index in [0.717, 1.165) is 88.5 Å². The Morgan fingerprint density at radius 3 is 1.25 bits per heavy atom. The van der Waals surface area contributed by atoms with Crippen LogP contribution in [0.4, 0.5) is 0 Å². The minimum Gasteiger partial charge on any atom is -0.436 e. The molecule has 12 rings (SSSR count). The molecular formula is C48H28N6O2. The van der Waals surface area contributed by atoms with E-state index in [1.165, 1.54) is 0 Å². The maximum Gasteiger partial charge on any atom is 0.227 e. The van der Waals surface area contributed by atoms with Gasteiger partial charge in [-0.1, -0.05) is 48.5 Å². The monoisotopic (exact) mass is 720 g/mol. The standard InChI is InChI=1S/C48H28N6O2/c1-3-9-39-35(7-1)45-41(11-5-25-49-45)53(39)33-19-13-29(14-20-33)47-51-37-23-17-31(27-43(37)55-47)32-18-24-38-44(28-32)56-48(52-38)30-15-21-34(22-16-30)54-40-10-4-2-8-36(40)46-42(54)12-6-26-50-46/h1-28H. The summed E-state index contributed by atoms with van der Waals surface area (Å²) in [5.74, 6) is 1.15. The summed E-state index contributed by atoms with van der Waals surface area (Å²) < 4.78 is 17.2. The molecular weight excluding hydrogens is 693 g/mol. The van der Waals surface area contributed by atoms with Crippen LogP contribution in [0, 0.1) is 0 Å². The number of para-hydroxylation sites is 2. The molecule has 6 aromatic heterocycles. The first-order chi connectivity index (χ1) is 27.7. The van der Waals surface area contributed by atoms with Gasteiger partial charge in [0.25, 0.3) is 0 Å². The molecule has 0 fully saturated rings. The van der Waals surface area contributed by atoms with Gasteiger partial charge in [-0.15, -0.1) is 0 Å². The highest BCUT2D eigenvalue weighted by molar-refractivity contribution is 6.08. The molecule has 262 valence electrons. The van der Waals surface area contributed by atoms with Crippen molar-refractivity contribution in [2.45, 2.75) is 0 Å². The summed E-state index contributed by atoms with van der Waals surface area (Å²) in [6.07, 6.45) is 3.69. The maximum atomic E-state index is 6.35. The van der Waals surface area contributed by atoms with Crippen LogP contribution in [0.2, 0.25) is 0 Å². The van der Waals surface area contributed by atoms with Crippen LogP contribution in [0.15, 0.2) is 179 Å². The number of nitrogens with zero attached hydrogens (tertiary/aromatic N) is 6. The summed E-state index contributed by atoms with van der Waals surface area (Å²) in [5.41, 5.74) is 15.3. The molecule has 56 heavy (non-hydrogen) atoms. The van der Waals surface area contributed by atoms with Gasteiger partial charge >= 0.3 is 0 Å². The quantitative estimate of drug-likeness (QED) is 0.176. The Balaban J connectivity index is 0.835. The lowest BCUT2D eigenvalue weighted by Gasteiger charge is -2.08. The predicted octanol–water partition coefficient (Wildman–Crippen LogP) is 12.0. The molecule has 0 atom stereocenters. The molecule has 8 nitrogen and oxygen atoms in total. The highest BCUT2D eigenvalue weighted by Gasteiger charge is 2.17. The van der Waals surface area contributed by atoms with E-state index in [9.17, 15) is 0 Å². The molecule has 0 aliphatic rings. The summed E-state index contributed by atoms with van der Waals surface area (Å²) >= 11 is 0. The molecule has 8 heteroatoms. The topological polar surface area (TPSA) is 87.7 Å². The van der Waals surface area contributed by atoms with E-state index in [2.05, 4.69) is 140 Å². The minimum absolute atomic E-state index is 0.573. The van der Waals surface area contributed by atoms with Crippen molar-refractivity contribution in [1.29, 1.82) is 0 Å². The average molecular weight is 721 g/mol. The van der Waals surface area contributed by atoms with Crippen molar-refractivity contribution in [3.8, 4) is 45.4 Å². The smallest absolute Gasteiger partial charge is 0.227 e. The zero-order valence-corrected chi connectivity index (χ0v) is 29.7. The molecule has 0 bridgehead atoms. The van der Waals surface area contributed by atoms with Crippen molar-refractivity contribution in [3.05, 3.63) is 170 Å². The highest BCUT2D eigenvalue weighted by Crippen LogP contribution is 2.35. The zero-order valence-electron chi connectivity index (χ0n) is 29.7. The molecule has 0 spiro atoms. The van der Waals surface area contributed by atoms with Gasteiger partial charge in [-0.05, 0) is 120 Å². The van der Waals surface area contributed by atoms with Crippen molar-refractivity contribution < 1.29 is 8.83 Å². The van der Waals surface area contributed by atoms with E-state index >= 15 is 0 Å². The van der Waals surface area contributed by atoms with Crippen LogP contribution in [-0.4, -0.2) is 29.1 Å². The number of aromatic nitrogens is 6. The molecule has 0 saturated heterocycles. The van der Waals surface area contributed by atoms with E-state index in [1.54, 1.807) is 0 Å². The number of rotatable bonds is 5. The molecule has 6 heterocycles. The Kier molecular flexibility index (Phi) is 6.47. The molecule has 6 aromatic carbocycles. The van der Waals surface area contributed by atoms with Crippen molar-refractivity contribution in [1.82, 2.24) is 29.1 Å². The van der Waals surface area contributed by atoms with E-state index in [1.807, 2.05) is 48.8 Å². The Morgan fingerprint density at radius 2 is 0.786 bits per heavy atom. The van der Waals surface area contributed by atoms with E-state index < -0.39 is 0 Å². The first-order valence-electron chi connectivity index (χ1n) is 18.5. The Morgan fingerprint density at radius 1 is 0.375 bits per heavy atom. The number of hydrogen-bond acceptors (Lipinski definition) is 6. The Labute approximate surface area is 318 Å². The third-order valence-corrected chi connectivity index (χ3v) is 10.7. The summed E-state index contributed by atoms with van der Waals surface area (Å²) in [7, 11) is 0. The van der Waals surface area contributed by atoms with Crippen LogP contribution >= 0.6 is 0 Å². The molecule has 0 amide bonds. The first kappa shape index (κ1) is 30.6. The molecule has 12 aromatic rings. The van der Waals surface area contributed by atoms with Gasteiger partial charge in [-0.2, -0.15) is 0 Å².